The maximum absolute atomic E-state index is 16.9. The normalized spacial score (nSPS) is 24.7. The monoisotopic (exact) mass is 624 g/mol. The van der Waals surface area contributed by atoms with Crippen LogP contribution < -0.4 is 20.7 Å². The van der Waals surface area contributed by atoms with Crippen LogP contribution in [0, 0.1) is 29.8 Å². The average molecular weight is 625 g/mol. The number of anilines is 2. The number of fused-ring (bicyclic) bond motifs is 5. The van der Waals surface area contributed by atoms with Gasteiger partial charge in [0.1, 0.15) is 29.6 Å². The first-order valence-corrected chi connectivity index (χ1v) is 15.3. The number of terminal acetylenes is 1. The Morgan fingerprint density at radius 1 is 1.13 bits per heavy atom. The van der Waals surface area contributed by atoms with Gasteiger partial charge < -0.3 is 25.8 Å². The fraction of sp³-hybridized carbons (Fsp3) is 0.314. The first kappa shape index (κ1) is 28.7. The molecule has 46 heavy (non-hydrogen) atoms. The van der Waals surface area contributed by atoms with Crippen molar-refractivity contribution in [3.05, 3.63) is 77.3 Å². The maximum atomic E-state index is 16.9. The van der Waals surface area contributed by atoms with Crippen LogP contribution in [-0.2, 0) is 0 Å². The van der Waals surface area contributed by atoms with Crippen molar-refractivity contribution in [1.82, 2.24) is 20.2 Å². The number of hydrogen-bond donors (Lipinski definition) is 3. The molecule has 4 N–H and O–H groups in total. The summed E-state index contributed by atoms with van der Waals surface area (Å²) in [5, 5.41) is 14.0. The summed E-state index contributed by atoms with van der Waals surface area (Å²) in [6.07, 6.45) is 13.5. The zero-order valence-corrected chi connectivity index (χ0v) is 24.9. The van der Waals surface area contributed by atoms with Crippen LogP contribution in [-0.4, -0.2) is 70.4 Å². The van der Waals surface area contributed by atoms with Gasteiger partial charge in [0.25, 0.3) is 0 Å². The van der Waals surface area contributed by atoms with Crippen LogP contribution in [0.2, 0.25) is 0 Å². The second-order valence-corrected chi connectivity index (χ2v) is 12.7. The second-order valence-electron chi connectivity index (χ2n) is 12.7. The van der Waals surface area contributed by atoms with Crippen molar-refractivity contribution < 1.29 is 23.0 Å². The number of halogens is 3. The smallest absolute Gasteiger partial charge is 0.319 e. The molecule has 3 aromatic carbocycles. The number of nitrogens with zero attached hydrogens (tertiary/aromatic N) is 4. The van der Waals surface area contributed by atoms with Crippen molar-refractivity contribution in [2.24, 2.45) is 0 Å². The summed E-state index contributed by atoms with van der Waals surface area (Å²) in [7, 11) is 0. The van der Waals surface area contributed by atoms with Crippen molar-refractivity contribution >= 4 is 33.2 Å². The van der Waals surface area contributed by atoms with Crippen LogP contribution in [0.15, 0.2) is 54.3 Å². The minimum absolute atomic E-state index is 0.0289. The Labute approximate surface area is 263 Å². The zero-order valence-electron chi connectivity index (χ0n) is 24.9. The molecule has 11 heteroatoms. The van der Waals surface area contributed by atoms with Gasteiger partial charge in [0, 0.05) is 48.2 Å². The third kappa shape index (κ3) is 4.47. The van der Waals surface area contributed by atoms with E-state index in [0.717, 1.165) is 25.0 Å². The molecule has 5 heterocycles. The molecule has 8 nitrogen and oxygen atoms in total. The third-order valence-corrected chi connectivity index (χ3v) is 9.83. The molecule has 0 spiro atoms. The van der Waals surface area contributed by atoms with E-state index in [-0.39, 0.29) is 63.3 Å². The molecule has 0 amide bonds. The summed E-state index contributed by atoms with van der Waals surface area (Å²) in [6, 6.07) is 6.98. The predicted octanol–water partition coefficient (Wildman–Crippen LogP) is 5.21. The van der Waals surface area contributed by atoms with E-state index in [4.69, 9.17) is 21.9 Å². The Morgan fingerprint density at radius 3 is 2.70 bits per heavy atom. The highest BCUT2D eigenvalue weighted by molar-refractivity contribution is 6.05. The summed E-state index contributed by atoms with van der Waals surface area (Å²) in [4.78, 5) is 13.5. The van der Waals surface area contributed by atoms with E-state index in [2.05, 4.69) is 33.3 Å². The van der Waals surface area contributed by atoms with Crippen molar-refractivity contribution in [3.63, 3.8) is 0 Å². The lowest BCUT2D eigenvalue weighted by atomic mass is 9.92. The standard InChI is InChI=1S/C35H31F3N6O2/c1-2-24-27(36)7-4-20-10-21(39)11-25(29(20)24)30-28(37)12-26-32(31(30)38)41-34(42-33(26)43-15-22-5-6-23(16-43)40-22)46-18-35-8-3-9-44(35)14-19(13-35)17-45/h1,4-7,10-12,17,22-23,40,45H,3,8-9,13-16,18,39H2/b19-17+/t22?,23?,35-/m1/s1. The van der Waals surface area contributed by atoms with Gasteiger partial charge in [-0.15, -0.1) is 6.42 Å². The minimum atomic E-state index is -0.953. The van der Waals surface area contributed by atoms with E-state index in [0.29, 0.717) is 37.3 Å². The van der Waals surface area contributed by atoms with Gasteiger partial charge in [-0.3, -0.25) is 4.90 Å². The third-order valence-electron chi connectivity index (χ3n) is 9.83. The van der Waals surface area contributed by atoms with E-state index in [1.54, 1.807) is 6.07 Å². The molecule has 4 aromatic rings. The first-order chi connectivity index (χ1) is 22.3. The number of nitrogens with two attached hydrogens (primary N) is 1. The first-order valence-electron chi connectivity index (χ1n) is 15.3. The molecule has 2 unspecified atom stereocenters. The number of rotatable bonds is 5. The molecule has 4 aliphatic heterocycles. The van der Waals surface area contributed by atoms with Gasteiger partial charge in [-0.1, -0.05) is 24.1 Å². The Kier molecular flexibility index (Phi) is 6.63. The van der Waals surface area contributed by atoms with Crippen molar-refractivity contribution in [3.8, 4) is 29.5 Å². The summed E-state index contributed by atoms with van der Waals surface area (Å²) in [6.45, 7) is 2.86. The molecule has 4 aliphatic rings. The minimum Gasteiger partial charge on any atom is -0.516 e. The number of aromatic nitrogens is 2. The number of hydrogen-bond acceptors (Lipinski definition) is 8. The van der Waals surface area contributed by atoms with Crippen molar-refractivity contribution in [2.45, 2.75) is 36.9 Å². The van der Waals surface area contributed by atoms with Crippen molar-refractivity contribution in [2.75, 3.05) is 43.4 Å². The molecule has 3 fully saturated rings. The number of aliphatic hydroxyl groups is 1. The molecule has 0 saturated carbocycles. The Hall–Kier alpha value is -4.79. The lowest BCUT2D eigenvalue weighted by Crippen LogP contribution is -2.52. The Bertz CT molecular complexity index is 2030. The SMILES string of the molecule is C#Cc1c(F)ccc2cc(N)cc(-c3c(F)cc4c(N5CC6C=CC(C5)N6)nc(OC[C@]56CCCN5C/C(=C/O)C6)nc4c3F)c12. The van der Waals surface area contributed by atoms with E-state index >= 15 is 8.78 Å². The topological polar surface area (TPSA) is 99.8 Å². The van der Waals surface area contributed by atoms with Gasteiger partial charge in [-0.05, 0) is 66.6 Å². The second kappa shape index (κ2) is 10.6. The molecule has 1 aromatic heterocycles. The number of ether oxygens (including phenoxy) is 1. The number of piperazine rings is 1. The van der Waals surface area contributed by atoms with E-state index in [1.165, 1.54) is 30.5 Å². The van der Waals surface area contributed by atoms with Gasteiger partial charge in [0.05, 0.1) is 22.9 Å². The number of aliphatic hydroxyl groups excluding tert-OH is 1. The number of nitrogen functional groups attached to an aromatic ring is 1. The lowest BCUT2D eigenvalue weighted by molar-refractivity contribution is 0.108. The fourth-order valence-corrected chi connectivity index (χ4v) is 7.78. The molecule has 2 bridgehead atoms. The molecule has 3 atom stereocenters. The summed E-state index contributed by atoms with van der Waals surface area (Å²) in [5.74, 6) is 0.183. The molecule has 0 radical (unpaired) electrons. The van der Waals surface area contributed by atoms with E-state index in [9.17, 15) is 9.50 Å². The number of nitrogens with one attached hydrogen (secondary N) is 1. The van der Waals surface area contributed by atoms with Gasteiger partial charge in [0.2, 0.25) is 0 Å². The quantitative estimate of drug-likeness (QED) is 0.121. The van der Waals surface area contributed by atoms with Crippen LogP contribution >= 0.6 is 0 Å². The molecule has 0 aliphatic carbocycles. The Morgan fingerprint density at radius 2 is 1.93 bits per heavy atom. The number of benzene rings is 3. The summed E-state index contributed by atoms with van der Waals surface area (Å²) < 4.78 is 54.3. The summed E-state index contributed by atoms with van der Waals surface area (Å²) >= 11 is 0. The highest BCUT2D eigenvalue weighted by atomic mass is 19.1. The maximum Gasteiger partial charge on any atom is 0.319 e. The molecule has 234 valence electrons. The van der Waals surface area contributed by atoms with E-state index < -0.39 is 23.0 Å². The fourth-order valence-electron chi connectivity index (χ4n) is 7.78. The molecule has 8 rings (SSSR count). The highest BCUT2D eigenvalue weighted by Crippen LogP contribution is 2.43. The van der Waals surface area contributed by atoms with Crippen LogP contribution in [0.25, 0.3) is 32.8 Å². The largest absolute Gasteiger partial charge is 0.516 e. The van der Waals surface area contributed by atoms with Crippen LogP contribution in [0.5, 0.6) is 6.01 Å². The van der Waals surface area contributed by atoms with Crippen LogP contribution in [0.1, 0.15) is 24.8 Å². The molecular weight excluding hydrogens is 593 g/mol. The van der Waals surface area contributed by atoms with Gasteiger partial charge in [-0.2, -0.15) is 9.97 Å². The van der Waals surface area contributed by atoms with Crippen LogP contribution in [0.4, 0.5) is 24.7 Å². The van der Waals surface area contributed by atoms with Crippen LogP contribution in [0.3, 0.4) is 0 Å². The summed E-state index contributed by atoms with van der Waals surface area (Å²) in [5.41, 5.74) is 6.37. The predicted molar refractivity (Wildman–Crippen MR) is 171 cm³/mol. The highest BCUT2D eigenvalue weighted by Gasteiger charge is 2.47. The Balaban J connectivity index is 1.30. The molecule has 3 saturated heterocycles. The molecular formula is C35H31F3N6O2. The van der Waals surface area contributed by atoms with Gasteiger partial charge in [0.15, 0.2) is 5.82 Å². The van der Waals surface area contributed by atoms with Crippen molar-refractivity contribution in [1.29, 1.82) is 0 Å². The zero-order chi connectivity index (χ0) is 31.7. The van der Waals surface area contributed by atoms with Gasteiger partial charge >= 0.3 is 6.01 Å². The lowest BCUT2D eigenvalue weighted by Gasteiger charge is -2.35. The van der Waals surface area contributed by atoms with E-state index in [1.807, 2.05) is 4.90 Å². The van der Waals surface area contributed by atoms with Gasteiger partial charge in [-0.25, -0.2) is 13.2 Å². The average Bonchev–Trinajstić information content (AvgIpc) is 3.71.